The van der Waals surface area contributed by atoms with Gasteiger partial charge >= 0.3 is 15.6 Å². The Kier molecular flexibility index (Phi) is 4.73. The van der Waals surface area contributed by atoms with Gasteiger partial charge in [-0.1, -0.05) is 53.5 Å². The van der Waals surface area contributed by atoms with Crippen molar-refractivity contribution in [2.45, 2.75) is 24.3 Å². The van der Waals surface area contributed by atoms with Gasteiger partial charge in [0.1, 0.15) is 5.02 Å². The number of alkyl halides is 3. The van der Waals surface area contributed by atoms with Gasteiger partial charge in [0, 0.05) is 5.56 Å². The predicted octanol–water partition coefficient (Wildman–Crippen LogP) is 4.92. The Bertz CT molecular complexity index is 1040. The maximum absolute atomic E-state index is 13.0. The molecular weight excluding hydrogens is 428 g/mol. The van der Waals surface area contributed by atoms with Crippen LogP contribution in [0, 0.1) is 0 Å². The molecule has 144 valence electrons. The first-order valence-electron chi connectivity index (χ1n) is 7.50. The number of carbonyl (C=O) groups is 1. The van der Waals surface area contributed by atoms with Crippen LogP contribution in [-0.2, 0) is 22.0 Å². The highest BCUT2D eigenvalue weighted by molar-refractivity contribution is 7.88. The zero-order valence-corrected chi connectivity index (χ0v) is 15.9. The molecule has 27 heavy (non-hydrogen) atoms. The van der Waals surface area contributed by atoms with Crippen LogP contribution in [0.4, 0.5) is 13.2 Å². The molecule has 2 aromatic carbocycles. The summed E-state index contributed by atoms with van der Waals surface area (Å²) >= 11 is 12.0. The molecule has 0 N–H and O–H groups in total. The molecule has 1 unspecified atom stereocenters. The van der Waals surface area contributed by atoms with Crippen LogP contribution in [0.3, 0.4) is 0 Å². The van der Waals surface area contributed by atoms with Crippen molar-refractivity contribution in [1.82, 2.24) is 0 Å². The molecule has 0 aliphatic heterocycles. The van der Waals surface area contributed by atoms with Crippen LogP contribution < -0.4 is 4.18 Å². The minimum atomic E-state index is -5.93. The van der Waals surface area contributed by atoms with E-state index in [-0.39, 0.29) is 28.4 Å². The fourth-order valence-corrected chi connectivity index (χ4v) is 4.04. The number of fused-ring (bicyclic) bond motifs is 1. The molecule has 2 aromatic rings. The Morgan fingerprint density at radius 1 is 1.11 bits per heavy atom. The molecular formula is C17H11Cl2F3O4S. The summed E-state index contributed by atoms with van der Waals surface area (Å²) in [4.78, 5) is 13.0. The van der Waals surface area contributed by atoms with E-state index in [0.29, 0.717) is 5.56 Å². The molecule has 0 saturated heterocycles. The standard InChI is InChI=1S/C17H11Cl2F3O4S/c1-16(10-5-3-2-4-6-10)8-9-7-11(26-27(24,25)17(20,21)22)13(18)14(19)12(9)15(16)23/h2-7H,8H2,1H3. The quantitative estimate of drug-likeness (QED) is 0.504. The lowest BCUT2D eigenvalue weighted by molar-refractivity contribution is -0.0500. The Morgan fingerprint density at radius 3 is 2.26 bits per heavy atom. The molecule has 0 bridgehead atoms. The van der Waals surface area contributed by atoms with Gasteiger partial charge in [-0.25, -0.2) is 0 Å². The van der Waals surface area contributed by atoms with Crippen LogP contribution in [0.2, 0.25) is 10.0 Å². The second kappa shape index (κ2) is 6.39. The highest BCUT2D eigenvalue weighted by Gasteiger charge is 2.50. The zero-order valence-electron chi connectivity index (χ0n) is 13.6. The van der Waals surface area contributed by atoms with Crippen molar-refractivity contribution < 1.29 is 30.6 Å². The van der Waals surface area contributed by atoms with Crippen LogP contribution in [-0.4, -0.2) is 19.7 Å². The maximum atomic E-state index is 13.0. The third-order valence-corrected chi connectivity index (χ3v) is 6.24. The van der Waals surface area contributed by atoms with Gasteiger partial charge in [-0.3, -0.25) is 4.79 Å². The largest absolute Gasteiger partial charge is 0.534 e. The summed E-state index contributed by atoms with van der Waals surface area (Å²) in [5.74, 6) is -1.14. The summed E-state index contributed by atoms with van der Waals surface area (Å²) in [6.45, 7) is 1.67. The van der Waals surface area contributed by atoms with Gasteiger partial charge in [0.2, 0.25) is 0 Å². The number of Topliss-reactive ketones (excluding diaryl/α,β-unsaturated/α-hetero) is 1. The number of hydrogen-bond acceptors (Lipinski definition) is 4. The predicted molar refractivity (Wildman–Crippen MR) is 93.9 cm³/mol. The summed E-state index contributed by atoms with van der Waals surface area (Å²) in [7, 11) is -5.93. The van der Waals surface area contributed by atoms with Gasteiger partial charge in [-0.05, 0) is 30.5 Å². The maximum Gasteiger partial charge on any atom is 0.534 e. The molecule has 1 aliphatic rings. The summed E-state index contributed by atoms with van der Waals surface area (Å²) < 4.78 is 64.5. The number of ketones is 1. The average molecular weight is 439 g/mol. The summed E-state index contributed by atoms with van der Waals surface area (Å²) in [6, 6.07) is 9.76. The Morgan fingerprint density at radius 2 is 1.70 bits per heavy atom. The first-order valence-corrected chi connectivity index (χ1v) is 9.67. The molecule has 1 atom stereocenters. The normalized spacial score (nSPS) is 19.9. The molecule has 0 amide bonds. The Hall–Kier alpha value is -1.77. The van der Waals surface area contributed by atoms with E-state index >= 15 is 0 Å². The first kappa shape index (κ1) is 20.0. The van der Waals surface area contributed by atoms with Crippen LogP contribution in [0.5, 0.6) is 5.75 Å². The van der Waals surface area contributed by atoms with E-state index < -0.39 is 31.8 Å². The summed E-state index contributed by atoms with van der Waals surface area (Å²) in [6.07, 6.45) is 0.102. The van der Waals surface area contributed by atoms with Gasteiger partial charge in [0.15, 0.2) is 11.5 Å². The minimum Gasteiger partial charge on any atom is -0.374 e. The summed E-state index contributed by atoms with van der Waals surface area (Å²) in [5, 5.41) is -0.917. The number of carbonyl (C=O) groups excluding carboxylic acids is 1. The Balaban J connectivity index is 2.10. The van der Waals surface area contributed by atoms with Crippen LogP contribution >= 0.6 is 23.2 Å². The fourth-order valence-electron chi connectivity index (χ4n) is 3.04. The second-order valence-electron chi connectivity index (χ2n) is 6.22. The van der Waals surface area contributed by atoms with E-state index in [9.17, 15) is 26.4 Å². The lowest BCUT2D eigenvalue weighted by Gasteiger charge is -2.22. The molecule has 0 heterocycles. The topological polar surface area (TPSA) is 60.4 Å². The zero-order chi connectivity index (χ0) is 20.2. The van der Waals surface area contributed by atoms with Gasteiger partial charge in [0.25, 0.3) is 0 Å². The van der Waals surface area contributed by atoms with E-state index in [1.807, 2.05) is 0 Å². The van der Waals surface area contributed by atoms with Crippen molar-refractivity contribution in [3.05, 3.63) is 63.1 Å². The van der Waals surface area contributed by atoms with Crippen molar-refractivity contribution in [1.29, 1.82) is 0 Å². The summed E-state index contributed by atoms with van der Waals surface area (Å²) in [5.41, 5.74) is -5.66. The van der Waals surface area contributed by atoms with Crippen molar-refractivity contribution >= 4 is 39.1 Å². The Labute approximate surface area is 163 Å². The molecule has 0 saturated carbocycles. The second-order valence-corrected chi connectivity index (χ2v) is 8.52. The van der Waals surface area contributed by atoms with Crippen molar-refractivity contribution in [3.63, 3.8) is 0 Å². The van der Waals surface area contributed by atoms with Gasteiger partial charge in [-0.2, -0.15) is 21.6 Å². The highest BCUT2D eigenvalue weighted by Crippen LogP contribution is 2.47. The van der Waals surface area contributed by atoms with Crippen molar-refractivity contribution in [2.24, 2.45) is 0 Å². The number of rotatable bonds is 3. The first-order chi connectivity index (χ1) is 12.4. The molecule has 3 rings (SSSR count). The molecule has 1 aliphatic carbocycles. The number of hydrogen-bond donors (Lipinski definition) is 0. The third-order valence-electron chi connectivity index (χ3n) is 4.42. The molecule has 10 heteroatoms. The van der Waals surface area contributed by atoms with E-state index in [4.69, 9.17) is 23.2 Å². The lowest BCUT2D eigenvalue weighted by Crippen LogP contribution is -2.29. The molecule has 0 fully saturated rings. The van der Waals surface area contributed by atoms with E-state index in [0.717, 1.165) is 6.07 Å². The van der Waals surface area contributed by atoms with E-state index in [1.165, 1.54) is 0 Å². The van der Waals surface area contributed by atoms with E-state index in [2.05, 4.69) is 4.18 Å². The highest BCUT2D eigenvalue weighted by atomic mass is 35.5. The minimum absolute atomic E-state index is 0.0461. The van der Waals surface area contributed by atoms with Crippen LogP contribution in [0.1, 0.15) is 28.4 Å². The van der Waals surface area contributed by atoms with E-state index in [1.54, 1.807) is 37.3 Å². The van der Waals surface area contributed by atoms with Crippen molar-refractivity contribution in [2.75, 3.05) is 0 Å². The number of benzene rings is 2. The fraction of sp³-hybridized carbons (Fsp3) is 0.235. The molecule has 0 aromatic heterocycles. The van der Waals surface area contributed by atoms with Gasteiger partial charge in [0.05, 0.1) is 10.4 Å². The molecule has 0 spiro atoms. The van der Waals surface area contributed by atoms with Crippen LogP contribution in [0.15, 0.2) is 36.4 Å². The molecule has 0 radical (unpaired) electrons. The SMILES string of the molecule is CC1(c2ccccc2)Cc2cc(OS(=O)(=O)C(F)(F)F)c(Cl)c(Cl)c2C1=O. The lowest BCUT2D eigenvalue weighted by atomic mass is 9.79. The average Bonchev–Trinajstić information content (AvgIpc) is 2.84. The van der Waals surface area contributed by atoms with Gasteiger partial charge < -0.3 is 4.18 Å². The molecule has 4 nitrogen and oxygen atoms in total. The van der Waals surface area contributed by atoms with Crippen LogP contribution in [0.25, 0.3) is 0 Å². The monoisotopic (exact) mass is 438 g/mol. The van der Waals surface area contributed by atoms with Gasteiger partial charge in [-0.15, -0.1) is 0 Å². The number of halogens is 5. The van der Waals surface area contributed by atoms with Crippen molar-refractivity contribution in [3.8, 4) is 5.75 Å². The third kappa shape index (κ3) is 3.19. The smallest absolute Gasteiger partial charge is 0.374 e.